The Kier molecular flexibility index (Phi) is 3.35. The van der Waals surface area contributed by atoms with Gasteiger partial charge in [0.1, 0.15) is 5.75 Å². The molecule has 2 aliphatic rings. The van der Waals surface area contributed by atoms with Crippen LogP contribution in [0.4, 0.5) is 0 Å². The molecule has 6 nitrogen and oxygen atoms in total. The van der Waals surface area contributed by atoms with Crippen LogP contribution in [0.5, 0.6) is 5.75 Å². The highest BCUT2D eigenvalue weighted by molar-refractivity contribution is 5.55. The minimum absolute atomic E-state index is 0.171. The number of methoxy groups -OCH3 is 1. The Balaban J connectivity index is 1.65. The van der Waals surface area contributed by atoms with Crippen molar-refractivity contribution in [2.75, 3.05) is 33.4 Å². The minimum Gasteiger partial charge on any atom is -0.497 e. The molecule has 1 N–H and O–H groups in total. The summed E-state index contributed by atoms with van der Waals surface area (Å²) >= 11 is 0. The molecule has 2 aliphatic heterocycles. The van der Waals surface area contributed by atoms with Gasteiger partial charge in [0.25, 0.3) is 0 Å². The van der Waals surface area contributed by atoms with Crippen molar-refractivity contribution in [2.45, 2.75) is 11.8 Å². The average Bonchev–Trinajstić information content (AvgIpc) is 3.22. The van der Waals surface area contributed by atoms with Gasteiger partial charge in [-0.15, -0.1) is 0 Å². The first-order chi connectivity index (χ1) is 10.8. The molecule has 0 amide bonds. The lowest BCUT2D eigenvalue weighted by atomic mass is 9.75. The summed E-state index contributed by atoms with van der Waals surface area (Å²) in [4.78, 5) is 4.65. The van der Waals surface area contributed by atoms with Gasteiger partial charge in [-0.2, -0.15) is 4.98 Å². The molecule has 22 heavy (non-hydrogen) atoms. The first-order valence-corrected chi connectivity index (χ1v) is 7.59. The van der Waals surface area contributed by atoms with Crippen molar-refractivity contribution in [1.29, 1.82) is 0 Å². The summed E-state index contributed by atoms with van der Waals surface area (Å²) in [6, 6.07) is 7.67. The van der Waals surface area contributed by atoms with E-state index >= 15 is 0 Å². The molecule has 2 saturated heterocycles. The van der Waals surface area contributed by atoms with Crippen LogP contribution in [0, 0.1) is 5.92 Å². The normalized spacial score (nSPS) is 27.6. The Labute approximate surface area is 128 Å². The first-order valence-electron chi connectivity index (χ1n) is 7.59. The van der Waals surface area contributed by atoms with E-state index in [0.717, 1.165) is 37.4 Å². The summed E-state index contributed by atoms with van der Waals surface area (Å²) in [5.74, 6) is 2.62. The van der Waals surface area contributed by atoms with Crippen molar-refractivity contribution in [2.24, 2.45) is 5.92 Å². The molecule has 116 valence electrons. The van der Waals surface area contributed by atoms with E-state index in [1.165, 1.54) is 0 Å². The van der Waals surface area contributed by atoms with Crippen molar-refractivity contribution in [1.82, 2.24) is 15.5 Å². The van der Waals surface area contributed by atoms with E-state index in [0.29, 0.717) is 24.2 Å². The van der Waals surface area contributed by atoms with Crippen molar-refractivity contribution < 1.29 is 14.0 Å². The number of benzene rings is 1. The molecule has 4 rings (SSSR count). The lowest BCUT2D eigenvalue weighted by molar-refractivity contribution is 0.00198. The van der Waals surface area contributed by atoms with E-state index in [-0.39, 0.29) is 5.41 Å². The van der Waals surface area contributed by atoms with Crippen LogP contribution in [0.2, 0.25) is 0 Å². The number of nitrogens with one attached hydrogen (secondary N) is 1. The zero-order valence-electron chi connectivity index (χ0n) is 12.5. The zero-order valence-corrected chi connectivity index (χ0v) is 12.5. The van der Waals surface area contributed by atoms with Gasteiger partial charge in [0, 0.05) is 18.7 Å². The van der Waals surface area contributed by atoms with Crippen molar-refractivity contribution in [3.8, 4) is 17.1 Å². The fraction of sp³-hybridized carbons (Fsp3) is 0.500. The highest BCUT2D eigenvalue weighted by atomic mass is 16.5. The Morgan fingerprint density at radius 2 is 2.18 bits per heavy atom. The molecule has 0 saturated carbocycles. The van der Waals surface area contributed by atoms with E-state index in [4.69, 9.17) is 14.0 Å². The fourth-order valence-electron chi connectivity index (χ4n) is 3.43. The summed E-state index contributed by atoms with van der Waals surface area (Å²) in [5, 5.41) is 7.61. The van der Waals surface area contributed by atoms with Crippen LogP contribution in [-0.4, -0.2) is 43.6 Å². The standard InChI is InChI=1S/C16H19N3O3/c1-20-13-4-2-11(3-5-13)14-18-15(22-19-14)16-9-17-8-12(16)6-7-21-10-16/h2-5,12,17H,6-10H2,1H3/t12-,16+/m1/s1. The molecule has 0 unspecified atom stereocenters. The van der Waals surface area contributed by atoms with Gasteiger partial charge in [-0.3, -0.25) is 0 Å². The van der Waals surface area contributed by atoms with Gasteiger partial charge in [0.2, 0.25) is 11.7 Å². The number of rotatable bonds is 3. The van der Waals surface area contributed by atoms with Gasteiger partial charge in [-0.1, -0.05) is 5.16 Å². The van der Waals surface area contributed by atoms with Gasteiger partial charge < -0.3 is 19.3 Å². The third-order valence-electron chi connectivity index (χ3n) is 4.78. The molecule has 0 radical (unpaired) electrons. The Bertz CT molecular complexity index is 655. The van der Waals surface area contributed by atoms with Crippen molar-refractivity contribution >= 4 is 0 Å². The van der Waals surface area contributed by atoms with Crippen molar-refractivity contribution in [3.05, 3.63) is 30.2 Å². The summed E-state index contributed by atoms with van der Waals surface area (Å²) in [6.07, 6.45) is 1.03. The highest BCUT2D eigenvalue weighted by Gasteiger charge is 2.50. The van der Waals surface area contributed by atoms with E-state index in [2.05, 4.69) is 15.5 Å². The molecule has 0 spiro atoms. The fourth-order valence-corrected chi connectivity index (χ4v) is 3.43. The quantitative estimate of drug-likeness (QED) is 0.929. The van der Waals surface area contributed by atoms with Crippen LogP contribution in [0.1, 0.15) is 12.3 Å². The van der Waals surface area contributed by atoms with Gasteiger partial charge in [0.15, 0.2) is 0 Å². The average molecular weight is 301 g/mol. The lowest BCUT2D eigenvalue weighted by Crippen LogP contribution is -2.44. The van der Waals surface area contributed by atoms with Gasteiger partial charge in [0.05, 0.1) is 19.1 Å². The number of hydrogen-bond donors (Lipinski definition) is 1. The molecule has 2 aromatic rings. The maximum Gasteiger partial charge on any atom is 0.237 e. The molecule has 0 aliphatic carbocycles. The number of ether oxygens (including phenoxy) is 2. The Morgan fingerprint density at radius 1 is 1.32 bits per heavy atom. The maximum atomic E-state index is 5.70. The predicted octanol–water partition coefficient (Wildman–Crippen LogP) is 1.62. The van der Waals surface area contributed by atoms with E-state index < -0.39 is 0 Å². The van der Waals surface area contributed by atoms with E-state index in [1.54, 1.807) is 7.11 Å². The SMILES string of the molecule is COc1ccc(-c2noc([C@]34CNC[C@H]3CCOC4)n2)cc1. The number of fused-ring (bicyclic) bond motifs is 1. The second-order valence-corrected chi connectivity index (χ2v) is 5.98. The summed E-state index contributed by atoms with van der Waals surface area (Å²) in [5.41, 5.74) is 0.752. The van der Waals surface area contributed by atoms with Crippen molar-refractivity contribution in [3.63, 3.8) is 0 Å². The van der Waals surface area contributed by atoms with Crippen LogP contribution < -0.4 is 10.1 Å². The predicted molar refractivity (Wildman–Crippen MR) is 79.8 cm³/mol. The van der Waals surface area contributed by atoms with Crippen LogP contribution in [0.15, 0.2) is 28.8 Å². The second kappa shape index (κ2) is 5.37. The molecular weight excluding hydrogens is 282 g/mol. The maximum absolute atomic E-state index is 5.70. The summed E-state index contributed by atoms with van der Waals surface area (Å²) in [6.45, 7) is 3.29. The highest BCUT2D eigenvalue weighted by Crippen LogP contribution is 2.40. The number of hydrogen-bond acceptors (Lipinski definition) is 6. The largest absolute Gasteiger partial charge is 0.497 e. The summed E-state index contributed by atoms with van der Waals surface area (Å²) in [7, 11) is 1.65. The zero-order chi connectivity index (χ0) is 15.0. The molecule has 2 atom stereocenters. The van der Waals surface area contributed by atoms with Gasteiger partial charge >= 0.3 is 0 Å². The Morgan fingerprint density at radius 3 is 3.00 bits per heavy atom. The second-order valence-electron chi connectivity index (χ2n) is 5.98. The van der Waals surface area contributed by atoms with Crippen LogP contribution in [0.3, 0.4) is 0 Å². The van der Waals surface area contributed by atoms with Crippen LogP contribution in [0.25, 0.3) is 11.4 Å². The minimum atomic E-state index is -0.171. The molecule has 1 aromatic heterocycles. The molecule has 2 fully saturated rings. The van der Waals surface area contributed by atoms with Crippen LogP contribution in [-0.2, 0) is 10.2 Å². The molecule has 6 heteroatoms. The Hall–Kier alpha value is -1.92. The lowest BCUT2D eigenvalue weighted by Gasteiger charge is -2.34. The topological polar surface area (TPSA) is 69.4 Å². The number of nitrogens with zero attached hydrogens (tertiary/aromatic N) is 2. The van der Waals surface area contributed by atoms with Gasteiger partial charge in [-0.05, 0) is 43.1 Å². The van der Waals surface area contributed by atoms with Crippen LogP contribution >= 0.6 is 0 Å². The van der Waals surface area contributed by atoms with Gasteiger partial charge in [-0.25, -0.2) is 0 Å². The number of aromatic nitrogens is 2. The molecule has 3 heterocycles. The van der Waals surface area contributed by atoms with E-state index in [9.17, 15) is 0 Å². The smallest absolute Gasteiger partial charge is 0.237 e. The molecular formula is C16H19N3O3. The first kappa shape index (κ1) is 13.7. The molecule has 1 aromatic carbocycles. The monoisotopic (exact) mass is 301 g/mol. The van der Waals surface area contributed by atoms with E-state index in [1.807, 2.05) is 24.3 Å². The molecule has 0 bridgehead atoms. The summed E-state index contributed by atoms with van der Waals surface area (Å²) < 4.78 is 16.5. The third kappa shape index (κ3) is 2.10. The third-order valence-corrected chi connectivity index (χ3v) is 4.78.